The number of rotatable bonds is 9. The van der Waals surface area contributed by atoms with Gasteiger partial charge in [0.25, 0.3) is 0 Å². The Morgan fingerprint density at radius 3 is 1.49 bits per heavy atom. The van der Waals surface area contributed by atoms with Crippen molar-refractivity contribution in [1.82, 2.24) is 0 Å². The molecule has 7 aromatic carbocycles. The van der Waals surface area contributed by atoms with Crippen molar-refractivity contribution >= 4 is 17.1 Å². The van der Waals surface area contributed by atoms with Crippen molar-refractivity contribution in [3.8, 4) is 33.4 Å². The van der Waals surface area contributed by atoms with Gasteiger partial charge < -0.3 is 4.90 Å². The van der Waals surface area contributed by atoms with Crippen molar-refractivity contribution in [3.63, 3.8) is 0 Å². The average molecular weight is 822 g/mol. The molecule has 7 aromatic rings. The van der Waals surface area contributed by atoms with Crippen LogP contribution in [0.1, 0.15) is 132 Å². The van der Waals surface area contributed by atoms with E-state index < -0.39 is 5.41 Å². The zero-order chi connectivity index (χ0) is 44.1. The molecule has 3 aliphatic rings. The van der Waals surface area contributed by atoms with E-state index >= 15 is 0 Å². The van der Waals surface area contributed by atoms with E-state index in [1.54, 1.807) is 0 Å². The molecule has 1 nitrogen and oxygen atoms in total. The average Bonchev–Trinajstić information content (AvgIpc) is 3.82. The molecule has 0 aliphatic heterocycles. The molecular formula is C62H63N. The van der Waals surface area contributed by atoms with Crippen LogP contribution in [0.2, 0.25) is 0 Å². The van der Waals surface area contributed by atoms with Crippen LogP contribution in [0.5, 0.6) is 0 Å². The van der Waals surface area contributed by atoms with E-state index in [1.807, 2.05) is 0 Å². The fourth-order valence-corrected chi connectivity index (χ4v) is 11.4. The number of anilines is 3. The summed E-state index contributed by atoms with van der Waals surface area (Å²) in [5, 5.41) is 0. The molecular weight excluding hydrogens is 759 g/mol. The van der Waals surface area contributed by atoms with Crippen LogP contribution >= 0.6 is 0 Å². The number of fused-ring (bicyclic) bond motifs is 13. The van der Waals surface area contributed by atoms with Gasteiger partial charge in [0.2, 0.25) is 0 Å². The summed E-state index contributed by atoms with van der Waals surface area (Å²) >= 11 is 0. The van der Waals surface area contributed by atoms with Crippen LogP contribution in [0.15, 0.2) is 158 Å². The van der Waals surface area contributed by atoms with Gasteiger partial charge in [0, 0.05) is 22.5 Å². The Labute approximate surface area is 377 Å². The SMILES string of the molecule is C=CCC(CC)CCc1ccc(N(c2ccc3c(c2)C(C)(C)c2ccccc2-3)c2ccc3c(c2)C2(c4ccccc4-3)c3cc(C(C)(C)C)ccc3-c3ccc(C(C)(C)C)cc32)cc1. The molecule has 0 fully saturated rings. The molecule has 10 rings (SSSR count). The molecule has 0 heterocycles. The van der Waals surface area contributed by atoms with Crippen molar-refractivity contribution < 1.29 is 0 Å². The zero-order valence-corrected chi connectivity index (χ0v) is 39.0. The molecule has 0 saturated heterocycles. The lowest BCUT2D eigenvalue weighted by molar-refractivity contribution is 0.477. The smallest absolute Gasteiger partial charge is 0.0726 e. The van der Waals surface area contributed by atoms with Crippen LogP contribution in [0, 0.1) is 5.92 Å². The van der Waals surface area contributed by atoms with Crippen LogP contribution in [-0.4, -0.2) is 0 Å². The molecule has 1 atom stereocenters. The largest absolute Gasteiger partial charge is 0.310 e. The summed E-state index contributed by atoms with van der Waals surface area (Å²) in [6, 6.07) is 57.0. The van der Waals surface area contributed by atoms with Crippen molar-refractivity contribution in [2.75, 3.05) is 4.90 Å². The van der Waals surface area contributed by atoms with E-state index in [4.69, 9.17) is 0 Å². The topological polar surface area (TPSA) is 3.24 Å². The normalized spacial score (nSPS) is 15.3. The minimum Gasteiger partial charge on any atom is -0.310 e. The van der Waals surface area contributed by atoms with Gasteiger partial charge in [0.1, 0.15) is 0 Å². The lowest BCUT2D eigenvalue weighted by atomic mass is 9.68. The highest BCUT2D eigenvalue weighted by Crippen LogP contribution is 2.64. The maximum Gasteiger partial charge on any atom is 0.0726 e. The van der Waals surface area contributed by atoms with Gasteiger partial charge in [-0.2, -0.15) is 0 Å². The standard InChI is InChI=1S/C62H63N/c1-11-17-40(12-2)22-23-41-24-28-44(29-25-41)63(45-30-34-49-47-18-13-15-20-53(47)61(9,10)55(49)38-45)46-31-35-52-48-19-14-16-21-54(48)62(58(52)39-46)56-36-42(59(3,4)5)26-32-50(56)51-33-27-43(37-57(51)62)60(6,7)8/h11,13-16,18-21,24-40H,1,12,17,22-23H2,2-10H3. The first kappa shape index (κ1) is 41.1. The van der Waals surface area contributed by atoms with Crippen LogP contribution in [-0.2, 0) is 28.1 Å². The Balaban J connectivity index is 1.20. The second-order valence-corrected chi connectivity index (χ2v) is 21.3. The molecule has 0 N–H and O–H groups in total. The van der Waals surface area contributed by atoms with Crippen LogP contribution in [0.3, 0.4) is 0 Å². The number of aryl methyl sites for hydroxylation is 1. The third-order valence-electron chi connectivity index (χ3n) is 15.1. The van der Waals surface area contributed by atoms with E-state index in [0.717, 1.165) is 12.8 Å². The monoisotopic (exact) mass is 821 g/mol. The fraction of sp³-hybridized carbons (Fsp3) is 0.290. The van der Waals surface area contributed by atoms with Gasteiger partial charge in [-0.25, -0.2) is 0 Å². The number of nitrogens with zero attached hydrogens (tertiary/aromatic N) is 1. The predicted octanol–water partition coefficient (Wildman–Crippen LogP) is 16.9. The summed E-state index contributed by atoms with van der Waals surface area (Å²) in [4.78, 5) is 2.53. The lowest BCUT2D eigenvalue weighted by Crippen LogP contribution is -2.27. The third kappa shape index (κ3) is 6.40. The van der Waals surface area contributed by atoms with Crippen molar-refractivity contribution in [2.45, 2.75) is 110 Å². The van der Waals surface area contributed by atoms with Crippen molar-refractivity contribution in [3.05, 3.63) is 208 Å². The van der Waals surface area contributed by atoms with Gasteiger partial charge in [-0.1, -0.05) is 184 Å². The summed E-state index contributed by atoms with van der Waals surface area (Å²) < 4.78 is 0. The number of allylic oxidation sites excluding steroid dienone is 1. The predicted molar refractivity (Wildman–Crippen MR) is 269 cm³/mol. The molecule has 1 unspecified atom stereocenters. The first-order valence-corrected chi connectivity index (χ1v) is 23.5. The zero-order valence-electron chi connectivity index (χ0n) is 39.0. The first-order chi connectivity index (χ1) is 30.2. The quantitative estimate of drug-likeness (QED) is 0.131. The maximum absolute atomic E-state index is 4.03. The molecule has 0 aromatic heterocycles. The van der Waals surface area contributed by atoms with Gasteiger partial charge in [-0.05, 0) is 156 Å². The van der Waals surface area contributed by atoms with Crippen molar-refractivity contribution in [2.24, 2.45) is 5.92 Å². The molecule has 0 radical (unpaired) electrons. The van der Waals surface area contributed by atoms with Crippen molar-refractivity contribution in [1.29, 1.82) is 0 Å². The van der Waals surface area contributed by atoms with E-state index in [-0.39, 0.29) is 16.2 Å². The molecule has 0 saturated carbocycles. The Bertz CT molecular complexity index is 2860. The Morgan fingerprint density at radius 2 is 0.952 bits per heavy atom. The van der Waals surface area contributed by atoms with E-state index in [0.29, 0.717) is 5.92 Å². The molecule has 3 aliphatic carbocycles. The van der Waals surface area contributed by atoms with Gasteiger partial charge >= 0.3 is 0 Å². The summed E-state index contributed by atoms with van der Waals surface area (Å²) in [5.41, 5.74) is 23.4. The lowest BCUT2D eigenvalue weighted by Gasteiger charge is -2.34. The number of hydrogen-bond donors (Lipinski definition) is 0. The summed E-state index contributed by atoms with van der Waals surface area (Å²) in [5.74, 6) is 0.672. The maximum atomic E-state index is 4.03. The summed E-state index contributed by atoms with van der Waals surface area (Å²) in [6.07, 6.45) is 6.60. The highest BCUT2D eigenvalue weighted by molar-refractivity contribution is 5.97. The fourth-order valence-electron chi connectivity index (χ4n) is 11.4. The van der Waals surface area contributed by atoms with E-state index in [2.05, 4.69) is 225 Å². The third-order valence-corrected chi connectivity index (χ3v) is 15.1. The second kappa shape index (κ2) is 14.8. The first-order valence-electron chi connectivity index (χ1n) is 23.5. The van der Waals surface area contributed by atoms with Gasteiger partial charge in [-0.15, -0.1) is 6.58 Å². The molecule has 63 heavy (non-hydrogen) atoms. The number of hydrogen-bond acceptors (Lipinski definition) is 1. The van der Waals surface area contributed by atoms with Crippen LogP contribution < -0.4 is 4.90 Å². The van der Waals surface area contributed by atoms with Gasteiger partial charge in [-0.3, -0.25) is 0 Å². The van der Waals surface area contributed by atoms with E-state index in [9.17, 15) is 0 Å². The molecule has 0 amide bonds. The second-order valence-electron chi connectivity index (χ2n) is 21.3. The Kier molecular flexibility index (Phi) is 9.68. The molecule has 0 bridgehead atoms. The summed E-state index contributed by atoms with van der Waals surface area (Å²) in [7, 11) is 0. The van der Waals surface area contributed by atoms with Gasteiger partial charge in [0.15, 0.2) is 0 Å². The number of benzene rings is 7. The Hall–Kier alpha value is -5.92. The van der Waals surface area contributed by atoms with E-state index in [1.165, 1.54) is 113 Å². The minimum atomic E-state index is -0.479. The highest BCUT2D eigenvalue weighted by atomic mass is 15.1. The minimum absolute atomic E-state index is 0.00254. The van der Waals surface area contributed by atoms with Crippen LogP contribution in [0.25, 0.3) is 33.4 Å². The van der Waals surface area contributed by atoms with Gasteiger partial charge in [0.05, 0.1) is 5.41 Å². The Morgan fingerprint density at radius 1 is 0.508 bits per heavy atom. The molecule has 1 spiro atoms. The highest BCUT2D eigenvalue weighted by Gasteiger charge is 2.52. The molecule has 1 heteroatoms. The molecule has 316 valence electrons. The summed E-state index contributed by atoms with van der Waals surface area (Å²) in [6.45, 7) is 25.2. The van der Waals surface area contributed by atoms with Crippen LogP contribution in [0.4, 0.5) is 17.1 Å².